The SMILES string of the molecule is CCOC(=O)CC[C@@H](C)[C@H]1CC[C@H]2[C@@H]3[C@H](OC(C)=O)[C@H](OC(C)=O)[C@@H]4C[C@H](OC(C)=O)CC[C@]4(C)[C@H]3CC[C@]12C. The maximum absolute atomic E-state index is 12.5. The number of carbonyl (C=O) groups excluding carboxylic acids is 4. The molecule has 0 saturated heterocycles. The van der Waals surface area contributed by atoms with Crippen molar-refractivity contribution in [2.45, 2.75) is 125 Å². The zero-order valence-corrected chi connectivity index (χ0v) is 25.5. The highest BCUT2D eigenvalue weighted by atomic mass is 16.6. The third-order valence-electron chi connectivity index (χ3n) is 11.5. The third-order valence-corrected chi connectivity index (χ3v) is 11.5. The van der Waals surface area contributed by atoms with Gasteiger partial charge >= 0.3 is 23.9 Å². The first-order valence-corrected chi connectivity index (χ1v) is 15.5. The van der Waals surface area contributed by atoms with Crippen LogP contribution in [-0.4, -0.2) is 48.8 Å². The van der Waals surface area contributed by atoms with Crippen molar-refractivity contribution in [2.75, 3.05) is 6.61 Å². The molecule has 0 aromatic carbocycles. The molecule has 4 saturated carbocycles. The molecule has 0 aromatic heterocycles. The first-order chi connectivity index (χ1) is 18.8. The molecule has 11 atom stereocenters. The molecular weight excluding hydrogens is 512 g/mol. The van der Waals surface area contributed by atoms with E-state index in [1.54, 1.807) is 0 Å². The summed E-state index contributed by atoms with van der Waals surface area (Å²) in [5.41, 5.74) is -0.0699. The largest absolute Gasteiger partial charge is 0.466 e. The fourth-order valence-electron chi connectivity index (χ4n) is 9.94. The van der Waals surface area contributed by atoms with Crippen LogP contribution in [0.2, 0.25) is 0 Å². The van der Waals surface area contributed by atoms with Crippen LogP contribution in [0.5, 0.6) is 0 Å². The van der Waals surface area contributed by atoms with E-state index in [1.165, 1.54) is 20.8 Å². The summed E-state index contributed by atoms with van der Waals surface area (Å²) < 4.78 is 23.1. The van der Waals surface area contributed by atoms with Crippen LogP contribution in [-0.2, 0) is 38.1 Å². The van der Waals surface area contributed by atoms with E-state index in [0.29, 0.717) is 43.1 Å². The van der Waals surface area contributed by atoms with Crippen LogP contribution in [0, 0.1) is 46.3 Å². The summed E-state index contributed by atoms with van der Waals surface area (Å²) in [4.78, 5) is 48.9. The average Bonchev–Trinajstić information content (AvgIpc) is 3.22. The average molecular weight is 563 g/mol. The number of rotatable bonds is 8. The Labute approximate surface area is 239 Å². The van der Waals surface area contributed by atoms with Crippen molar-refractivity contribution < 1.29 is 38.1 Å². The van der Waals surface area contributed by atoms with Gasteiger partial charge < -0.3 is 18.9 Å². The van der Waals surface area contributed by atoms with Gasteiger partial charge in [0.05, 0.1) is 6.61 Å². The second-order valence-corrected chi connectivity index (χ2v) is 13.6. The Hall–Kier alpha value is -2.12. The molecule has 0 N–H and O–H groups in total. The van der Waals surface area contributed by atoms with Gasteiger partial charge in [0, 0.05) is 39.0 Å². The number of ether oxygens (including phenoxy) is 4. The molecule has 4 fully saturated rings. The molecule has 0 unspecified atom stereocenters. The Morgan fingerprint density at radius 1 is 0.775 bits per heavy atom. The molecule has 4 rings (SSSR count). The lowest BCUT2D eigenvalue weighted by Gasteiger charge is -2.64. The van der Waals surface area contributed by atoms with Crippen molar-refractivity contribution in [3.8, 4) is 0 Å². The highest BCUT2D eigenvalue weighted by Crippen LogP contribution is 2.69. The molecule has 0 heterocycles. The van der Waals surface area contributed by atoms with Crippen LogP contribution < -0.4 is 0 Å². The van der Waals surface area contributed by atoms with Crippen LogP contribution >= 0.6 is 0 Å². The van der Waals surface area contributed by atoms with Gasteiger partial charge in [0.15, 0.2) is 0 Å². The summed E-state index contributed by atoms with van der Waals surface area (Å²) in [6, 6.07) is 0. The van der Waals surface area contributed by atoms with E-state index < -0.39 is 12.2 Å². The van der Waals surface area contributed by atoms with Crippen molar-refractivity contribution in [3.63, 3.8) is 0 Å². The molecule has 0 aromatic rings. The lowest BCUT2D eigenvalue weighted by atomic mass is 9.43. The first-order valence-electron chi connectivity index (χ1n) is 15.5. The fraction of sp³-hybridized carbons (Fsp3) is 0.875. The Bertz CT molecular complexity index is 978. The smallest absolute Gasteiger partial charge is 0.305 e. The zero-order chi connectivity index (χ0) is 29.4. The van der Waals surface area contributed by atoms with Gasteiger partial charge in [-0.1, -0.05) is 20.8 Å². The molecule has 226 valence electrons. The lowest BCUT2D eigenvalue weighted by Crippen LogP contribution is -2.65. The van der Waals surface area contributed by atoms with E-state index in [-0.39, 0.29) is 52.6 Å². The van der Waals surface area contributed by atoms with Crippen molar-refractivity contribution in [1.82, 2.24) is 0 Å². The number of carbonyl (C=O) groups is 4. The molecule has 8 heteroatoms. The van der Waals surface area contributed by atoms with E-state index in [1.807, 2.05) is 6.92 Å². The lowest BCUT2D eigenvalue weighted by molar-refractivity contribution is -0.242. The third kappa shape index (κ3) is 5.78. The summed E-state index contributed by atoms with van der Waals surface area (Å²) in [5.74, 6) is 0.325. The van der Waals surface area contributed by atoms with E-state index in [0.717, 1.165) is 44.9 Å². The first kappa shape index (κ1) is 30.8. The highest BCUT2D eigenvalue weighted by Gasteiger charge is 2.67. The molecule has 0 amide bonds. The normalized spacial score (nSPS) is 41.0. The van der Waals surface area contributed by atoms with Crippen LogP contribution in [0.4, 0.5) is 0 Å². The number of hydrogen-bond acceptors (Lipinski definition) is 8. The van der Waals surface area contributed by atoms with Crippen LogP contribution in [0.25, 0.3) is 0 Å². The maximum Gasteiger partial charge on any atom is 0.305 e. The molecule has 0 bridgehead atoms. The standard InChI is InChI=1S/C32H50O8/c1-8-37-27(36)12-9-18(2)23-10-11-24-28-25(14-16-31(23,24)6)32(7)15-13-22(38-19(3)33)17-26(32)29(39-20(4)34)30(28)40-21(5)35/h18,22-26,28-30H,8-17H2,1-7H3/t18-,22-,23-,24+,25+,26+,28+,29-,30+,31-,32-/m1/s1. The van der Waals surface area contributed by atoms with Crippen molar-refractivity contribution >= 4 is 23.9 Å². The van der Waals surface area contributed by atoms with Gasteiger partial charge in [-0.3, -0.25) is 19.2 Å². The predicted molar refractivity (Wildman–Crippen MR) is 148 cm³/mol. The summed E-state index contributed by atoms with van der Waals surface area (Å²) in [6.07, 6.45) is 6.41. The number of hydrogen-bond donors (Lipinski definition) is 0. The van der Waals surface area contributed by atoms with Crippen molar-refractivity contribution in [3.05, 3.63) is 0 Å². The summed E-state index contributed by atoms with van der Waals surface area (Å²) >= 11 is 0. The molecular formula is C32H50O8. The summed E-state index contributed by atoms with van der Waals surface area (Å²) in [7, 11) is 0. The molecule has 0 aliphatic heterocycles. The number of fused-ring (bicyclic) bond motifs is 5. The minimum Gasteiger partial charge on any atom is -0.466 e. The predicted octanol–water partition coefficient (Wildman–Crippen LogP) is 5.64. The quantitative estimate of drug-likeness (QED) is 0.276. The Balaban J connectivity index is 1.67. The molecule has 4 aliphatic rings. The topological polar surface area (TPSA) is 105 Å². The van der Waals surface area contributed by atoms with Gasteiger partial charge in [0.25, 0.3) is 0 Å². The van der Waals surface area contributed by atoms with Gasteiger partial charge in [-0.2, -0.15) is 0 Å². The van der Waals surface area contributed by atoms with E-state index in [4.69, 9.17) is 18.9 Å². The molecule has 0 radical (unpaired) electrons. The van der Waals surface area contributed by atoms with E-state index in [9.17, 15) is 19.2 Å². The van der Waals surface area contributed by atoms with Gasteiger partial charge in [0.2, 0.25) is 0 Å². The van der Waals surface area contributed by atoms with Crippen LogP contribution in [0.15, 0.2) is 0 Å². The Morgan fingerprint density at radius 2 is 1.38 bits per heavy atom. The maximum atomic E-state index is 12.5. The van der Waals surface area contributed by atoms with Gasteiger partial charge in [-0.15, -0.1) is 0 Å². The summed E-state index contributed by atoms with van der Waals surface area (Å²) in [6.45, 7) is 13.5. The van der Waals surface area contributed by atoms with Crippen molar-refractivity contribution in [1.29, 1.82) is 0 Å². The minimum absolute atomic E-state index is 0.0482. The Kier molecular flexibility index (Phi) is 9.26. The van der Waals surface area contributed by atoms with E-state index in [2.05, 4.69) is 20.8 Å². The molecule has 8 nitrogen and oxygen atoms in total. The molecule has 0 spiro atoms. The van der Waals surface area contributed by atoms with Gasteiger partial charge in [-0.25, -0.2) is 0 Å². The minimum atomic E-state index is -0.575. The molecule has 4 aliphatic carbocycles. The van der Waals surface area contributed by atoms with Gasteiger partial charge in [-0.05, 0) is 92.8 Å². The Morgan fingerprint density at radius 3 is 2.00 bits per heavy atom. The van der Waals surface area contributed by atoms with Gasteiger partial charge in [0.1, 0.15) is 18.3 Å². The van der Waals surface area contributed by atoms with E-state index >= 15 is 0 Å². The monoisotopic (exact) mass is 562 g/mol. The second-order valence-electron chi connectivity index (χ2n) is 13.6. The fourth-order valence-corrected chi connectivity index (χ4v) is 9.94. The van der Waals surface area contributed by atoms with Crippen LogP contribution in [0.1, 0.15) is 106 Å². The second kappa shape index (κ2) is 12.0. The van der Waals surface area contributed by atoms with Crippen LogP contribution in [0.3, 0.4) is 0 Å². The highest BCUT2D eigenvalue weighted by molar-refractivity contribution is 5.69. The zero-order valence-electron chi connectivity index (χ0n) is 25.5. The number of esters is 4. The van der Waals surface area contributed by atoms with Crippen molar-refractivity contribution in [2.24, 2.45) is 46.3 Å². The molecule has 40 heavy (non-hydrogen) atoms. The summed E-state index contributed by atoms with van der Waals surface area (Å²) in [5, 5.41) is 0.